The molecule has 0 saturated heterocycles. The molecule has 2 rings (SSSR count). The van der Waals surface area contributed by atoms with Gasteiger partial charge in [-0.1, -0.05) is 27.7 Å². The largest absolute Gasteiger partial charge is 0.413 e. The molecule has 0 spiro atoms. The van der Waals surface area contributed by atoms with E-state index < -0.39 is 24.0 Å². The molecule has 2 saturated carbocycles. The van der Waals surface area contributed by atoms with Crippen LogP contribution in [0, 0.1) is 11.3 Å². The Morgan fingerprint density at radius 1 is 1.12 bits per heavy atom. The van der Waals surface area contributed by atoms with E-state index in [9.17, 15) is 13.5 Å². The molecule has 154 valence electrons. The maximum atomic E-state index is 11.6. The Kier molecular flexibility index (Phi) is 5.87. The molecule has 1 N–H and O–H groups in total. The SMILES string of the molecule is CC(C)(C)[Si](C)(C)O[C@@H]1CC[C@](C)(O)[C@@H]2C[C@H](OS(C)(=O)=O)CC[C@]21C. The van der Waals surface area contributed by atoms with Gasteiger partial charge in [-0.25, -0.2) is 0 Å². The van der Waals surface area contributed by atoms with Crippen molar-refractivity contribution in [3.63, 3.8) is 0 Å². The van der Waals surface area contributed by atoms with Crippen LogP contribution in [0.4, 0.5) is 0 Å². The van der Waals surface area contributed by atoms with Crippen LogP contribution in [-0.2, 0) is 18.7 Å². The summed E-state index contributed by atoms with van der Waals surface area (Å²) in [7, 11) is -5.41. The second-order valence-electron chi connectivity index (χ2n) is 10.5. The Labute approximate surface area is 161 Å². The van der Waals surface area contributed by atoms with Crippen LogP contribution in [0.3, 0.4) is 0 Å². The first-order chi connectivity index (χ1) is 11.5. The van der Waals surface area contributed by atoms with Crippen molar-refractivity contribution < 1.29 is 22.1 Å². The number of rotatable bonds is 4. The smallest absolute Gasteiger partial charge is 0.264 e. The predicted octanol–water partition coefficient (Wildman–Crippen LogP) is 4.07. The van der Waals surface area contributed by atoms with Gasteiger partial charge in [-0.15, -0.1) is 0 Å². The molecule has 0 aromatic carbocycles. The topological polar surface area (TPSA) is 72.8 Å². The molecular formula is C19H38O5SSi. The van der Waals surface area contributed by atoms with Crippen LogP contribution in [0.5, 0.6) is 0 Å². The molecule has 5 atom stereocenters. The highest BCUT2D eigenvalue weighted by atomic mass is 32.2. The van der Waals surface area contributed by atoms with Gasteiger partial charge in [0.15, 0.2) is 8.32 Å². The van der Waals surface area contributed by atoms with Crippen molar-refractivity contribution in [2.45, 2.75) is 103 Å². The van der Waals surface area contributed by atoms with Gasteiger partial charge in [0.2, 0.25) is 0 Å². The van der Waals surface area contributed by atoms with Gasteiger partial charge in [-0.05, 0) is 68.5 Å². The lowest BCUT2D eigenvalue weighted by molar-refractivity contribution is -0.174. The van der Waals surface area contributed by atoms with E-state index in [-0.39, 0.29) is 28.6 Å². The maximum Gasteiger partial charge on any atom is 0.264 e. The van der Waals surface area contributed by atoms with Crippen molar-refractivity contribution in [3.8, 4) is 0 Å². The van der Waals surface area contributed by atoms with Crippen molar-refractivity contribution in [3.05, 3.63) is 0 Å². The van der Waals surface area contributed by atoms with Crippen molar-refractivity contribution in [1.29, 1.82) is 0 Å². The molecule has 2 aliphatic rings. The summed E-state index contributed by atoms with van der Waals surface area (Å²) >= 11 is 0. The summed E-state index contributed by atoms with van der Waals surface area (Å²) in [6.07, 6.45) is 4.45. The molecular weight excluding hydrogens is 368 g/mol. The first kappa shape index (κ1) is 22.3. The average molecular weight is 407 g/mol. The lowest BCUT2D eigenvalue weighted by Gasteiger charge is -2.59. The quantitative estimate of drug-likeness (QED) is 0.563. The minimum Gasteiger partial charge on any atom is -0.413 e. The Bertz CT molecular complexity index is 622. The monoisotopic (exact) mass is 406 g/mol. The molecule has 0 amide bonds. The van der Waals surface area contributed by atoms with Crippen LogP contribution in [0.1, 0.15) is 66.7 Å². The lowest BCUT2D eigenvalue weighted by atomic mass is 9.53. The summed E-state index contributed by atoms with van der Waals surface area (Å²) < 4.78 is 35.2. The van der Waals surface area contributed by atoms with Crippen LogP contribution in [0.2, 0.25) is 18.1 Å². The minimum atomic E-state index is -3.49. The summed E-state index contributed by atoms with van der Waals surface area (Å²) in [6, 6.07) is 0. The molecule has 2 aliphatic carbocycles. The highest BCUT2D eigenvalue weighted by Gasteiger charge is 2.57. The van der Waals surface area contributed by atoms with Gasteiger partial charge in [0, 0.05) is 0 Å². The van der Waals surface area contributed by atoms with Crippen molar-refractivity contribution in [2.75, 3.05) is 6.26 Å². The van der Waals surface area contributed by atoms with Crippen molar-refractivity contribution in [1.82, 2.24) is 0 Å². The zero-order valence-corrected chi connectivity index (χ0v) is 19.6. The Hall–Kier alpha value is 0.0469. The second-order valence-corrected chi connectivity index (χ2v) is 16.9. The molecule has 0 aliphatic heterocycles. The molecule has 0 radical (unpaired) electrons. The predicted molar refractivity (Wildman–Crippen MR) is 107 cm³/mol. The van der Waals surface area contributed by atoms with Crippen LogP contribution < -0.4 is 0 Å². The fraction of sp³-hybridized carbons (Fsp3) is 1.00. The summed E-state index contributed by atoms with van der Waals surface area (Å²) in [5, 5.41) is 11.2. The standard InChI is InChI=1S/C19H38O5SSi/c1-17(2,3)26(7,8)24-16-10-12-19(5,20)15-13-14(23-25(6,21)22)9-11-18(15,16)4/h14-16,20H,9-13H2,1-8H3/t14-,15-,16-,18-,19+/m1/s1. The lowest BCUT2D eigenvalue weighted by Crippen LogP contribution is -2.61. The molecule has 2 fully saturated rings. The molecule has 0 aromatic heterocycles. The molecule has 0 unspecified atom stereocenters. The van der Waals surface area contributed by atoms with Crippen molar-refractivity contribution in [2.24, 2.45) is 11.3 Å². The van der Waals surface area contributed by atoms with E-state index in [2.05, 4.69) is 40.8 Å². The first-order valence-corrected chi connectivity index (χ1v) is 14.5. The van der Waals surface area contributed by atoms with E-state index in [4.69, 9.17) is 8.61 Å². The number of hydrogen-bond donors (Lipinski definition) is 1. The van der Waals surface area contributed by atoms with Gasteiger partial charge in [0.05, 0.1) is 24.1 Å². The minimum absolute atomic E-state index is 0.0287. The third-order valence-corrected chi connectivity index (χ3v) is 12.4. The van der Waals surface area contributed by atoms with Crippen molar-refractivity contribution >= 4 is 18.4 Å². The number of fused-ring (bicyclic) bond motifs is 1. The normalized spacial score (nSPS) is 39.5. The van der Waals surface area contributed by atoms with E-state index in [1.807, 2.05) is 6.92 Å². The average Bonchev–Trinajstić information content (AvgIpc) is 2.41. The third-order valence-electron chi connectivity index (χ3n) is 7.25. The first-order valence-electron chi connectivity index (χ1n) is 9.76. The van der Waals surface area contributed by atoms with Crippen LogP contribution in [0.15, 0.2) is 0 Å². The van der Waals surface area contributed by atoms with Gasteiger partial charge in [0.25, 0.3) is 10.1 Å². The third kappa shape index (κ3) is 4.54. The number of hydrogen-bond acceptors (Lipinski definition) is 5. The summed E-state index contributed by atoms with van der Waals surface area (Å²) in [6.45, 7) is 15.4. The van der Waals surface area contributed by atoms with E-state index in [1.165, 1.54) is 0 Å². The summed E-state index contributed by atoms with van der Waals surface area (Å²) in [4.78, 5) is 0. The van der Waals surface area contributed by atoms with Gasteiger partial charge >= 0.3 is 0 Å². The Balaban J connectivity index is 2.27. The highest BCUT2D eigenvalue weighted by Crippen LogP contribution is 2.56. The Morgan fingerprint density at radius 3 is 2.19 bits per heavy atom. The van der Waals surface area contributed by atoms with E-state index in [1.54, 1.807) is 0 Å². The molecule has 7 heteroatoms. The summed E-state index contributed by atoms with van der Waals surface area (Å²) in [5.41, 5.74) is -0.976. The fourth-order valence-corrected chi connectivity index (χ4v) is 6.75. The highest BCUT2D eigenvalue weighted by molar-refractivity contribution is 7.86. The van der Waals surface area contributed by atoms with Gasteiger partial charge in [-0.3, -0.25) is 4.18 Å². The molecule has 5 nitrogen and oxygen atoms in total. The van der Waals surface area contributed by atoms with E-state index in [0.29, 0.717) is 19.3 Å². The maximum absolute atomic E-state index is 11.6. The zero-order valence-electron chi connectivity index (χ0n) is 17.8. The Morgan fingerprint density at radius 2 is 1.69 bits per heavy atom. The van der Waals surface area contributed by atoms with E-state index in [0.717, 1.165) is 19.1 Å². The van der Waals surface area contributed by atoms with Crippen LogP contribution in [-0.4, -0.2) is 45.9 Å². The number of aliphatic hydroxyl groups is 1. The van der Waals surface area contributed by atoms with E-state index >= 15 is 0 Å². The van der Waals surface area contributed by atoms with Gasteiger partial charge < -0.3 is 9.53 Å². The van der Waals surface area contributed by atoms with Crippen LogP contribution >= 0.6 is 0 Å². The van der Waals surface area contributed by atoms with Gasteiger partial charge in [-0.2, -0.15) is 8.42 Å². The second kappa shape index (κ2) is 6.83. The molecule has 0 heterocycles. The van der Waals surface area contributed by atoms with Gasteiger partial charge in [0.1, 0.15) is 0 Å². The molecule has 0 aromatic rings. The summed E-state index contributed by atoms with van der Waals surface area (Å²) in [5.74, 6) is -0.0287. The molecule has 26 heavy (non-hydrogen) atoms. The molecule has 0 bridgehead atoms. The van der Waals surface area contributed by atoms with Crippen LogP contribution in [0.25, 0.3) is 0 Å². The fourth-order valence-electron chi connectivity index (χ4n) is 4.63. The zero-order chi connectivity index (χ0) is 20.2.